The monoisotopic (exact) mass is 328 g/mol. The SMILES string of the molecule is CC.CC.O=C(NCc1ccccc1)c1cc2cc(F)ccc2[nH]1. The topological polar surface area (TPSA) is 44.9 Å². The Labute approximate surface area is 142 Å². The summed E-state index contributed by atoms with van der Waals surface area (Å²) < 4.78 is 13.1. The van der Waals surface area contributed by atoms with Gasteiger partial charge in [-0.15, -0.1) is 0 Å². The van der Waals surface area contributed by atoms with Gasteiger partial charge in [-0.1, -0.05) is 58.0 Å². The summed E-state index contributed by atoms with van der Waals surface area (Å²) in [6.07, 6.45) is 0. The fourth-order valence-corrected chi connectivity index (χ4v) is 2.10. The quantitative estimate of drug-likeness (QED) is 0.674. The summed E-state index contributed by atoms with van der Waals surface area (Å²) in [7, 11) is 0. The van der Waals surface area contributed by atoms with Gasteiger partial charge in [-0.3, -0.25) is 4.79 Å². The van der Waals surface area contributed by atoms with Crippen molar-refractivity contribution in [3.8, 4) is 0 Å². The number of hydrogen-bond donors (Lipinski definition) is 2. The van der Waals surface area contributed by atoms with E-state index in [0.717, 1.165) is 11.1 Å². The van der Waals surface area contributed by atoms with E-state index >= 15 is 0 Å². The molecule has 1 amide bonds. The molecule has 1 aromatic heterocycles. The summed E-state index contributed by atoms with van der Waals surface area (Å²) in [5, 5.41) is 3.52. The van der Waals surface area contributed by atoms with Crippen LogP contribution in [0.4, 0.5) is 4.39 Å². The van der Waals surface area contributed by atoms with Crippen LogP contribution >= 0.6 is 0 Å². The molecule has 0 fully saturated rings. The number of amides is 1. The number of benzene rings is 2. The number of H-pyrrole nitrogens is 1. The molecule has 3 rings (SSSR count). The number of aromatic amines is 1. The van der Waals surface area contributed by atoms with Crippen molar-refractivity contribution >= 4 is 16.8 Å². The molecule has 0 unspecified atom stereocenters. The Morgan fingerprint density at radius 2 is 1.67 bits per heavy atom. The standard InChI is InChI=1S/C16H13FN2O.2C2H6/c17-13-6-7-14-12(8-13)9-15(19-14)16(20)18-10-11-4-2-1-3-5-11;2*1-2/h1-9,19H,10H2,(H,18,20);2*1-2H3. The third kappa shape index (κ3) is 5.23. The number of hydrogen-bond acceptors (Lipinski definition) is 1. The Hall–Kier alpha value is -2.62. The van der Waals surface area contributed by atoms with Crippen molar-refractivity contribution in [2.75, 3.05) is 0 Å². The molecule has 3 nitrogen and oxygen atoms in total. The molecule has 4 heteroatoms. The second kappa shape index (κ2) is 10.2. The van der Waals surface area contributed by atoms with Gasteiger partial charge in [0.2, 0.25) is 0 Å². The van der Waals surface area contributed by atoms with Gasteiger partial charge in [0.1, 0.15) is 11.5 Å². The number of nitrogens with one attached hydrogen (secondary N) is 2. The highest BCUT2D eigenvalue weighted by Gasteiger charge is 2.09. The Morgan fingerprint density at radius 3 is 2.33 bits per heavy atom. The fraction of sp³-hybridized carbons (Fsp3) is 0.250. The Balaban J connectivity index is 0.000000671. The van der Waals surface area contributed by atoms with Crippen LogP contribution in [-0.4, -0.2) is 10.9 Å². The molecule has 0 radical (unpaired) electrons. The normalized spacial score (nSPS) is 9.38. The van der Waals surface area contributed by atoms with Crippen LogP contribution in [-0.2, 0) is 6.54 Å². The molecule has 0 saturated carbocycles. The highest BCUT2D eigenvalue weighted by Crippen LogP contribution is 2.16. The van der Waals surface area contributed by atoms with Crippen LogP contribution < -0.4 is 5.32 Å². The van der Waals surface area contributed by atoms with Crippen molar-refractivity contribution < 1.29 is 9.18 Å². The van der Waals surface area contributed by atoms with Crippen LogP contribution in [0.1, 0.15) is 43.7 Å². The summed E-state index contributed by atoms with van der Waals surface area (Å²) in [6, 6.07) is 15.7. The molecule has 0 aliphatic carbocycles. The van der Waals surface area contributed by atoms with Crippen molar-refractivity contribution in [2.24, 2.45) is 0 Å². The minimum absolute atomic E-state index is 0.203. The first kappa shape index (κ1) is 19.4. The van der Waals surface area contributed by atoms with Gasteiger partial charge < -0.3 is 10.3 Å². The van der Waals surface area contributed by atoms with Gasteiger partial charge in [-0.25, -0.2) is 4.39 Å². The van der Waals surface area contributed by atoms with Crippen LogP contribution in [0.5, 0.6) is 0 Å². The zero-order valence-electron chi connectivity index (χ0n) is 14.7. The molecule has 3 aromatic rings. The molecule has 2 N–H and O–H groups in total. The smallest absolute Gasteiger partial charge is 0.267 e. The number of fused-ring (bicyclic) bond motifs is 1. The minimum atomic E-state index is -0.312. The van der Waals surface area contributed by atoms with Crippen LogP contribution in [0.2, 0.25) is 0 Å². The number of aromatic nitrogens is 1. The third-order valence-electron chi connectivity index (χ3n) is 3.12. The lowest BCUT2D eigenvalue weighted by Crippen LogP contribution is -2.22. The van der Waals surface area contributed by atoms with Crippen molar-refractivity contribution in [3.63, 3.8) is 0 Å². The van der Waals surface area contributed by atoms with Crippen molar-refractivity contribution in [1.82, 2.24) is 10.3 Å². The minimum Gasteiger partial charge on any atom is -0.351 e. The third-order valence-corrected chi connectivity index (χ3v) is 3.12. The zero-order valence-corrected chi connectivity index (χ0v) is 14.7. The van der Waals surface area contributed by atoms with E-state index in [0.29, 0.717) is 17.6 Å². The van der Waals surface area contributed by atoms with E-state index in [9.17, 15) is 9.18 Å². The van der Waals surface area contributed by atoms with Gasteiger partial charge in [-0.2, -0.15) is 0 Å². The highest BCUT2D eigenvalue weighted by atomic mass is 19.1. The number of carbonyl (C=O) groups is 1. The zero-order chi connectivity index (χ0) is 17.9. The van der Waals surface area contributed by atoms with Gasteiger partial charge in [0.15, 0.2) is 0 Å². The lowest BCUT2D eigenvalue weighted by Gasteiger charge is -2.03. The predicted octanol–water partition coefficient (Wildman–Crippen LogP) is 5.29. The van der Waals surface area contributed by atoms with Gasteiger partial charge in [-0.05, 0) is 29.8 Å². The van der Waals surface area contributed by atoms with Gasteiger partial charge in [0.05, 0.1) is 0 Å². The van der Waals surface area contributed by atoms with E-state index in [4.69, 9.17) is 0 Å². The molecule has 0 atom stereocenters. The van der Waals surface area contributed by atoms with Crippen LogP contribution in [0, 0.1) is 5.82 Å². The maximum absolute atomic E-state index is 13.1. The maximum atomic E-state index is 13.1. The van der Waals surface area contributed by atoms with E-state index in [2.05, 4.69) is 10.3 Å². The van der Waals surface area contributed by atoms with E-state index in [1.807, 2.05) is 58.0 Å². The lowest BCUT2D eigenvalue weighted by molar-refractivity contribution is 0.0946. The summed E-state index contributed by atoms with van der Waals surface area (Å²) in [6.45, 7) is 8.46. The molecule has 0 aliphatic rings. The molecular weight excluding hydrogens is 303 g/mol. The first-order valence-corrected chi connectivity index (χ1v) is 8.33. The van der Waals surface area contributed by atoms with Crippen molar-refractivity contribution in [1.29, 1.82) is 0 Å². The summed E-state index contributed by atoms with van der Waals surface area (Å²) in [5.74, 6) is -0.516. The summed E-state index contributed by atoms with van der Waals surface area (Å²) in [5.41, 5.74) is 2.21. The summed E-state index contributed by atoms with van der Waals surface area (Å²) in [4.78, 5) is 15.0. The first-order valence-electron chi connectivity index (χ1n) is 8.33. The Bertz CT molecular complexity index is 751. The van der Waals surface area contributed by atoms with E-state index in [-0.39, 0.29) is 11.7 Å². The fourth-order valence-electron chi connectivity index (χ4n) is 2.10. The number of rotatable bonds is 3. The second-order valence-corrected chi connectivity index (χ2v) is 4.58. The Morgan fingerprint density at radius 1 is 1.00 bits per heavy atom. The van der Waals surface area contributed by atoms with Crippen LogP contribution in [0.25, 0.3) is 10.9 Å². The van der Waals surface area contributed by atoms with E-state index in [1.165, 1.54) is 12.1 Å². The van der Waals surface area contributed by atoms with Gasteiger partial charge in [0, 0.05) is 17.4 Å². The van der Waals surface area contributed by atoms with Gasteiger partial charge in [0.25, 0.3) is 5.91 Å². The molecule has 24 heavy (non-hydrogen) atoms. The summed E-state index contributed by atoms with van der Waals surface area (Å²) >= 11 is 0. The van der Waals surface area contributed by atoms with Crippen LogP contribution in [0.3, 0.4) is 0 Å². The average molecular weight is 328 g/mol. The molecule has 0 saturated heterocycles. The molecular formula is C20H25FN2O. The molecule has 0 spiro atoms. The van der Waals surface area contributed by atoms with Gasteiger partial charge >= 0.3 is 0 Å². The van der Waals surface area contributed by atoms with Crippen molar-refractivity contribution in [3.05, 3.63) is 71.7 Å². The number of carbonyl (C=O) groups excluding carboxylic acids is 1. The Kier molecular flexibility index (Phi) is 8.26. The molecule has 128 valence electrons. The van der Waals surface area contributed by atoms with E-state index in [1.54, 1.807) is 12.1 Å². The van der Waals surface area contributed by atoms with Crippen molar-refractivity contribution in [2.45, 2.75) is 34.2 Å². The van der Waals surface area contributed by atoms with Crippen LogP contribution in [0.15, 0.2) is 54.6 Å². The van der Waals surface area contributed by atoms with E-state index < -0.39 is 0 Å². The molecule has 1 heterocycles. The molecule has 2 aromatic carbocycles. The largest absolute Gasteiger partial charge is 0.351 e. The lowest BCUT2D eigenvalue weighted by atomic mass is 10.2. The number of halogens is 1. The highest BCUT2D eigenvalue weighted by molar-refractivity contribution is 5.97. The second-order valence-electron chi connectivity index (χ2n) is 4.58. The predicted molar refractivity (Wildman–Crippen MR) is 98.6 cm³/mol. The molecule has 0 bridgehead atoms. The first-order chi connectivity index (χ1) is 11.7. The molecule has 0 aliphatic heterocycles. The average Bonchev–Trinajstić information content (AvgIpc) is 3.07. The maximum Gasteiger partial charge on any atom is 0.267 e.